The maximum absolute atomic E-state index is 14.1. The fourth-order valence-electron chi connectivity index (χ4n) is 5.51. The summed E-state index contributed by atoms with van der Waals surface area (Å²) in [6, 6.07) is 9.34. The minimum atomic E-state index is -0.140. The summed E-state index contributed by atoms with van der Waals surface area (Å²) in [5.41, 5.74) is 0.274. The number of unbranched alkanes of at least 4 members (excludes halogenated alkanes) is 3. The molecule has 2 aromatic rings. The van der Waals surface area contributed by atoms with Crippen LogP contribution in [0.3, 0.4) is 0 Å². The summed E-state index contributed by atoms with van der Waals surface area (Å²) in [5, 5.41) is 0.721. The van der Waals surface area contributed by atoms with E-state index in [0.717, 1.165) is 62.4 Å². The van der Waals surface area contributed by atoms with E-state index in [2.05, 4.69) is 41.5 Å². The molecule has 0 N–H and O–H groups in total. The Hall–Kier alpha value is -1.86. The Bertz CT molecular complexity index is 1080. The van der Waals surface area contributed by atoms with Gasteiger partial charge in [0.1, 0.15) is 17.2 Å². The number of hydrogen-bond acceptors (Lipinski definition) is 6. The Labute approximate surface area is 300 Å². The molecule has 0 aromatic heterocycles. The predicted octanol–water partition coefficient (Wildman–Crippen LogP) is 7.91. The Kier molecular flexibility index (Phi) is 23.1. The molecule has 260 valence electrons. The Morgan fingerprint density at radius 1 is 0.638 bits per heavy atom. The molecule has 0 bridgehead atoms. The van der Waals surface area contributed by atoms with Crippen molar-refractivity contribution in [3.63, 3.8) is 0 Å². The smallest absolute Gasteiger partial charge is 0.496 e. The number of ether oxygens (including phenoxy) is 5. The minimum Gasteiger partial charge on any atom is -0.496 e. The maximum atomic E-state index is 14.1. The van der Waals surface area contributed by atoms with Gasteiger partial charge in [0.2, 0.25) is 0 Å². The zero-order valence-corrected chi connectivity index (χ0v) is 32.0. The van der Waals surface area contributed by atoms with E-state index in [-0.39, 0.29) is 24.4 Å². The van der Waals surface area contributed by atoms with Gasteiger partial charge < -0.3 is 37.1 Å². The van der Waals surface area contributed by atoms with Crippen molar-refractivity contribution in [3.05, 3.63) is 35.9 Å². The molecule has 0 aliphatic rings. The standard InChI is InChI=1S/C39H62O6P.Li/c1-9-15-19-29(12-4)26-43-32-24-35(44-27-30(13-5)20-16-10-2)38(36(25-32)45-28-31(14-6)21-17-11-3)46-39(40)37-33(41-7)22-18-23-34(37)42-8;/h18,22-25,29-31H,9-17,19-21,26-28H2,1-8H3;/q-1;+1. The van der Waals surface area contributed by atoms with Crippen molar-refractivity contribution in [1.29, 1.82) is 0 Å². The largest absolute Gasteiger partial charge is 1.00 e. The SMILES string of the molecule is CCCCC(CC)COc1cc(OCC(CC)CCCC)c([P-]C(=O)c2c(OC)cccc2OC)c(OCC(CC)CCCC)c1.[Li+]. The normalized spacial score (nSPS) is 13.1. The quantitative estimate of drug-likeness (QED) is 0.0753. The predicted molar refractivity (Wildman–Crippen MR) is 193 cm³/mol. The van der Waals surface area contributed by atoms with E-state index in [1.807, 2.05) is 18.2 Å². The van der Waals surface area contributed by atoms with Crippen molar-refractivity contribution in [3.8, 4) is 28.7 Å². The molecule has 0 radical (unpaired) electrons. The van der Waals surface area contributed by atoms with Crippen LogP contribution in [0.5, 0.6) is 28.7 Å². The van der Waals surface area contributed by atoms with Crippen LogP contribution < -0.4 is 47.8 Å². The first-order chi connectivity index (χ1) is 22.4. The molecule has 0 spiro atoms. The van der Waals surface area contributed by atoms with Crippen molar-refractivity contribution in [2.75, 3.05) is 34.0 Å². The zero-order chi connectivity index (χ0) is 33.7. The monoisotopic (exact) mass is 664 g/mol. The van der Waals surface area contributed by atoms with Gasteiger partial charge in [-0.3, -0.25) is 0 Å². The molecule has 2 aromatic carbocycles. The van der Waals surface area contributed by atoms with Gasteiger partial charge in [-0.05, 0) is 49.1 Å². The van der Waals surface area contributed by atoms with Crippen LogP contribution in [0.2, 0.25) is 0 Å². The molecule has 8 heteroatoms. The third kappa shape index (κ3) is 14.7. The van der Waals surface area contributed by atoms with Crippen LogP contribution in [0.25, 0.3) is 0 Å². The van der Waals surface area contributed by atoms with Gasteiger partial charge in [-0.2, -0.15) is 0 Å². The van der Waals surface area contributed by atoms with Gasteiger partial charge in [-0.25, -0.2) is 0 Å². The first kappa shape index (κ1) is 43.2. The summed E-state index contributed by atoms with van der Waals surface area (Å²) in [5.74, 6) is 4.34. The number of carbonyl (C=O) groups is 1. The number of rotatable bonds is 26. The summed E-state index contributed by atoms with van der Waals surface area (Å²) in [4.78, 5) is 14.1. The Balaban J connectivity index is 0.0000110. The van der Waals surface area contributed by atoms with Gasteiger partial charge in [-0.1, -0.05) is 105 Å². The minimum absolute atomic E-state index is 0. The van der Waals surface area contributed by atoms with Crippen LogP contribution in [0, 0.1) is 17.8 Å². The topological polar surface area (TPSA) is 63.2 Å². The third-order valence-corrected chi connectivity index (χ3v) is 10.0. The Morgan fingerprint density at radius 2 is 1.04 bits per heavy atom. The van der Waals surface area contributed by atoms with Gasteiger partial charge in [0, 0.05) is 17.7 Å². The van der Waals surface area contributed by atoms with Crippen molar-refractivity contribution < 1.29 is 47.3 Å². The molecule has 0 heterocycles. The summed E-state index contributed by atoms with van der Waals surface area (Å²) < 4.78 is 30.9. The molecule has 47 heavy (non-hydrogen) atoms. The number of hydrogen-bond donors (Lipinski definition) is 0. The molecule has 0 saturated carbocycles. The van der Waals surface area contributed by atoms with E-state index < -0.39 is 0 Å². The van der Waals surface area contributed by atoms with Gasteiger partial charge in [0.25, 0.3) is 0 Å². The average Bonchev–Trinajstić information content (AvgIpc) is 3.08. The van der Waals surface area contributed by atoms with E-state index in [4.69, 9.17) is 23.7 Å². The van der Waals surface area contributed by atoms with E-state index in [9.17, 15) is 4.79 Å². The molecule has 6 nitrogen and oxygen atoms in total. The van der Waals surface area contributed by atoms with Crippen molar-refractivity contribution in [1.82, 2.24) is 0 Å². The first-order valence-corrected chi connectivity index (χ1v) is 18.8. The fourth-order valence-corrected chi connectivity index (χ4v) is 6.53. The third-order valence-electron chi connectivity index (χ3n) is 8.93. The second kappa shape index (κ2) is 25.2. The van der Waals surface area contributed by atoms with Crippen LogP contribution in [-0.4, -0.2) is 39.6 Å². The molecule has 0 aliphatic carbocycles. The van der Waals surface area contributed by atoms with Gasteiger partial charge in [-0.15, -0.1) is 5.30 Å². The average molecular weight is 665 g/mol. The zero-order valence-electron chi connectivity index (χ0n) is 31.1. The summed E-state index contributed by atoms with van der Waals surface area (Å²) >= 11 is 0. The second-order valence-electron chi connectivity index (χ2n) is 12.4. The van der Waals surface area contributed by atoms with E-state index in [0.29, 0.717) is 74.7 Å². The van der Waals surface area contributed by atoms with Crippen LogP contribution >= 0.6 is 8.58 Å². The molecule has 2 rings (SSSR count). The Morgan fingerprint density at radius 3 is 1.40 bits per heavy atom. The van der Waals surface area contributed by atoms with E-state index in [1.54, 1.807) is 26.4 Å². The van der Waals surface area contributed by atoms with E-state index >= 15 is 0 Å². The van der Waals surface area contributed by atoms with Crippen molar-refractivity contribution >= 4 is 19.4 Å². The molecule has 3 atom stereocenters. The molecule has 0 fully saturated rings. The number of carbonyl (C=O) groups excluding carboxylic acids is 1. The van der Waals surface area contributed by atoms with Crippen molar-refractivity contribution in [2.24, 2.45) is 17.8 Å². The van der Waals surface area contributed by atoms with Gasteiger partial charge in [0.15, 0.2) is 0 Å². The first-order valence-electron chi connectivity index (χ1n) is 17.9. The number of methoxy groups -OCH3 is 2. The molecular formula is C39H62LiO6P. The fraction of sp³-hybridized carbons (Fsp3) is 0.667. The molecule has 0 amide bonds. The van der Waals surface area contributed by atoms with Crippen LogP contribution in [0.4, 0.5) is 0 Å². The molecule has 0 saturated heterocycles. The van der Waals surface area contributed by atoms with Crippen LogP contribution in [-0.2, 0) is 0 Å². The maximum Gasteiger partial charge on any atom is 1.00 e. The summed E-state index contributed by atoms with van der Waals surface area (Å²) in [6.07, 6.45) is 13.6. The number of benzene rings is 2. The van der Waals surface area contributed by atoms with Crippen LogP contribution in [0.1, 0.15) is 129 Å². The second-order valence-corrected chi connectivity index (χ2v) is 13.5. The van der Waals surface area contributed by atoms with Crippen LogP contribution in [0.15, 0.2) is 30.3 Å². The summed E-state index contributed by atoms with van der Waals surface area (Å²) in [7, 11) is 3.58. The van der Waals surface area contributed by atoms with E-state index in [1.165, 1.54) is 25.7 Å². The summed E-state index contributed by atoms with van der Waals surface area (Å²) in [6.45, 7) is 15.2. The van der Waals surface area contributed by atoms with Crippen molar-refractivity contribution in [2.45, 2.75) is 119 Å². The van der Waals surface area contributed by atoms with Gasteiger partial charge in [0.05, 0.1) is 51.1 Å². The molecule has 3 unspecified atom stereocenters. The molecule has 0 aliphatic heterocycles. The molecular weight excluding hydrogens is 602 g/mol. The van der Waals surface area contributed by atoms with Gasteiger partial charge >= 0.3 is 18.9 Å².